The topological polar surface area (TPSA) is 34.2 Å². The summed E-state index contributed by atoms with van der Waals surface area (Å²) in [7, 11) is 1.71. The Balaban J connectivity index is 2.11. The van der Waals surface area contributed by atoms with E-state index in [-0.39, 0.29) is 0 Å². The predicted molar refractivity (Wildman–Crippen MR) is 86.7 cm³/mol. The van der Waals surface area contributed by atoms with Gasteiger partial charge < -0.3 is 10.1 Å². The fraction of sp³-hybridized carbons (Fsp3) is 0.389. The first kappa shape index (κ1) is 15.5. The number of nitrogens with one attached hydrogen (secondary N) is 1. The van der Waals surface area contributed by atoms with Crippen LogP contribution < -0.4 is 10.1 Å². The molecule has 1 unspecified atom stereocenters. The number of ether oxygens (including phenoxy) is 1. The highest BCUT2D eigenvalue weighted by molar-refractivity contribution is 5.36. The SMILES string of the molecule is CCNC(CCc1ccccn1)c1ccc(OC)cc1C. The van der Waals surface area contributed by atoms with Crippen molar-refractivity contribution in [1.82, 2.24) is 10.3 Å². The zero-order valence-corrected chi connectivity index (χ0v) is 13.1. The number of pyridine rings is 1. The summed E-state index contributed by atoms with van der Waals surface area (Å²) < 4.78 is 5.29. The normalized spacial score (nSPS) is 12.1. The molecule has 0 saturated carbocycles. The molecule has 2 rings (SSSR count). The van der Waals surface area contributed by atoms with Crippen molar-refractivity contribution in [3.63, 3.8) is 0 Å². The summed E-state index contributed by atoms with van der Waals surface area (Å²) in [4.78, 5) is 4.41. The molecule has 1 heterocycles. The molecule has 0 saturated heterocycles. The molecule has 3 nitrogen and oxygen atoms in total. The van der Waals surface area contributed by atoms with E-state index in [9.17, 15) is 0 Å². The second-order valence-corrected chi connectivity index (χ2v) is 5.19. The average Bonchev–Trinajstić information content (AvgIpc) is 2.52. The van der Waals surface area contributed by atoms with E-state index >= 15 is 0 Å². The number of rotatable bonds is 7. The maximum Gasteiger partial charge on any atom is 0.119 e. The van der Waals surface area contributed by atoms with Crippen LogP contribution in [0.1, 0.15) is 36.2 Å². The fourth-order valence-corrected chi connectivity index (χ4v) is 2.62. The van der Waals surface area contributed by atoms with Gasteiger partial charge in [0.2, 0.25) is 0 Å². The van der Waals surface area contributed by atoms with Crippen LogP contribution in [0.25, 0.3) is 0 Å². The first-order chi connectivity index (χ1) is 10.2. The van der Waals surface area contributed by atoms with Crippen LogP contribution in [-0.4, -0.2) is 18.6 Å². The van der Waals surface area contributed by atoms with Gasteiger partial charge in [0, 0.05) is 17.9 Å². The molecule has 1 aromatic heterocycles. The average molecular weight is 284 g/mol. The van der Waals surface area contributed by atoms with Gasteiger partial charge in [-0.05, 0) is 61.7 Å². The van der Waals surface area contributed by atoms with Crippen molar-refractivity contribution in [2.75, 3.05) is 13.7 Å². The molecule has 1 aromatic carbocycles. The molecule has 0 amide bonds. The Kier molecular flexibility index (Phi) is 5.76. The maximum absolute atomic E-state index is 5.29. The van der Waals surface area contributed by atoms with E-state index in [1.165, 1.54) is 11.1 Å². The minimum Gasteiger partial charge on any atom is -0.497 e. The molecule has 0 bridgehead atoms. The molecule has 0 spiro atoms. The lowest BCUT2D eigenvalue weighted by molar-refractivity contribution is 0.413. The van der Waals surface area contributed by atoms with Crippen molar-refractivity contribution in [2.24, 2.45) is 0 Å². The van der Waals surface area contributed by atoms with Gasteiger partial charge in [0.15, 0.2) is 0 Å². The minimum absolute atomic E-state index is 0.350. The van der Waals surface area contributed by atoms with Crippen LogP contribution in [0.2, 0.25) is 0 Å². The fourth-order valence-electron chi connectivity index (χ4n) is 2.62. The molecule has 0 radical (unpaired) electrons. The lowest BCUT2D eigenvalue weighted by Crippen LogP contribution is -2.22. The maximum atomic E-state index is 5.29. The number of methoxy groups -OCH3 is 1. The number of aryl methyl sites for hydroxylation is 2. The summed E-state index contributed by atoms with van der Waals surface area (Å²) in [5, 5.41) is 3.58. The quantitative estimate of drug-likeness (QED) is 0.842. The summed E-state index contributed by atoms with van der Waals surface area (Å²) in [6, 6.07) is 12.7. The van der Waals surface area contributed by atoms with Crippen LogP contribution in [0.15, 0.2) is 42.6 Å². The van der Waals surface area contributed by atoms with E-state index < -0.39 is 0 Å². The molecular formula is C18H24N2O. The van der Waals surface area contributed by atoms with E-state index in [2.05, 4.69) is 42.3 Å². The second-order valence-electron chi connectivity index (χ2n) is 5.19. The van der Waals surface area contributed by atoms with Gasteiger partial charge in [-0.25, -0.2) is 0 Å². The standard InChI is InChI=1S/C18H24N2O/c1-4-19-18(11-8-15-7-5-6-12-20-15)17-10-9-16(21-3)13-14(17)2/h5-7,9-10,12-13,18-19H,4,8,11H2,1-3H3. The van der Waals surface area contributed by atoms with Crippen molar-refractivity contribution in [2.45, 2.75) is 32.7 Å². The van der Waals surface area contributed by atoms with Crippen LogP contribution in [0.3, 0.4) is 0 Å². The summed E-state index contributed by atoms with van der Waals surface area (Å²) >= 11 is 0. The number of aromatic nitrogens is 1. The zero-order chi connectivity index (χ0) is 15.1. The third-order valence-corrected chi connectivity index (χ3v) is 3.72. The Labute approximate surface area is 127 Å². The Morgan fingerprint density at radius 1 is 1.24 bits per heavy atom. The van der Waals surface area contributed by atoms with E-state index in [4.69, 9.17) is 4.74 Å². The van der Waals surface area contributed by atoms with Gasteiger partial charge in [-0.15, -0.1) is 0 Å². The third-order valence-electron chi connectivity index (χ3n) is 3.72. The van der Waals surface area contributed by atoms with Crippen molar-refractivity contribution in [3.05, 3.63) is 59.4 Å². The van der Waals surface area contributed by atoms with Crippen molar-refractivity contribution in [3.8, 4) is 5.75 Å². The van der Waals surface area contributed by atoms with Gasteiger partial charge in [-0.2, -0.15) is 0 Å². The molecule has 0 fully saturated rings. The molecule has 0 aliphatic rings. The first-order valence-corrected chi connectivity index (χ1v) is 7.52. The first-order valence-electron chi connectivity index (χ1n) is 7.52. The van der Waals surface area contributed by atoms with Crippen LogP contribution in [-0.2, 0) is 6.42 Å². The lowest BCUT2D eigenvalue weighted by Gasteiger charge is -2.21. The van der Waals surface area contributed by atoms with Gasteiger partial charge in [0.1, 0.15) is 5.75 Å². The molecule has 0 aliphatic heterocycles. The molecule has 21 heavy (non-hydrogen) atoms. The minimum atomic E-state index is 0.350. The second kappa shape index (κ2) is 7.79. The molecule has 2 aromatic rings. The van der Waals surface area contributed by atoms with E-state index in [1.807, 2.05) is 24.4 Å². The number of hydrogen-bond acceptors (Lipinski definition) is 3. The van der Waals surface area contributed by atoms with Crippen molar-refractivity contribution < 1.29 is 4.74 Å². The summed E-state index contributed by atoms with van der Waals surface area (Å²) in [5.41, 5.74) is 3.75. The molecule has 112 valence electrons. The highest BCUT2D eigenvalue weighted by atomic mass is 16.5. The summed E-state index contributed by atoms with van der Waals surface area (Å²) in [5.74, 6) is 0.913. The summed E-state index contributed by atoms with van der Waals surface area (Å²) in [6.45, 7) is 5.24. The molecule has 1 N–H and O–H groups in total. The largest absolute Gasteiger partial charge is 0.497 e. The Morgan fingerprint density at radius 2 is 2.10 bits per heavy atom. The molecular weight excluding hydrogens is 260 g/mol. The summed E-state index contributed by atoms with van der Waals surface area (Å²) in [6.07, 6.45) is 3.87. The van der Waals surface area contributed by atoms with Crippen LogP contribution in [0.5, 0.6) is 5.75 Å². The Hall–Kier alpha value is -1.87. The van der Waals surface area contributed by atoms with Crippen LogP contribution >= 0.6 is 0 Å². The Morgan fingerprint density at radius 3 is 2.71 bits per heavy atom. The predicted octanol–water partition coefficient (Wildman–Crippen LogP) is 3.68. The van der Waals surface area contributed by atoms with Gasteiger partial charge in [0.05, 0.1) is 7.11 Å². The zero-order valence-electron chi connectivity index (χ0n) is 13.1. The van der Waals surface area contributed by atoms with Gasteiger partial charge in [0.25, 0.3) is 0 Å². The van der Waals surface area contributed by atoms with Gasteiger partial charge in [-0.1, -0.05) is 19.1 Å². The monoisotopic (exact) mass is 284 g/mol. The van der Waals surface area contributed by atoms with Crippen LogP contribution in [0, 0.1) is 6.92 Å². The molecule has 0 aliphatic carbocycles. The lowest BCUT2D eigenvalue weighted by atomic mass is 9.96. The number of benzene rings is 1. The Bertz CT molecular complexity index is 554. The van der Waals surface area contributed by atoms with Crippen molar-refractivity contribution in [1.29, 1.82) is 0 Å². The van der Waals surface area contributed by atoms with Crippen LogP contribution in [0.4, 0.5) is 0 Å². The highest BCUT2D eigenvalue weighted by Gasteiger charge is 2.13. The van der Waals surface area contributed by atoms with E-state index in [1.54, 1.807) is 7.11 Å². The molecule has 3 heteroatoms. The van der Waals surface area contributed by atoms with Gasteiger partial charge in [-0.3, -0.25) is 4.98 Å². The van der Waals surface area contributed by atoms with Crippen molar-refractivity contribution >= 4 is 0 Å². The van der Waals surface area contributed by atoms with E-state index in [0.29, 0.717) is 6.04 Å². The third kappa shape index (κ3) is 4.30. The van der Waals surface area contributed by atoms with Gasteiger partial charge >= 0.3 is 0 Å². The highest BCUT2D eigenvalue weighted by Crippen LogP contribution is 2.25. The molecule has 1 atom stereocenters. The number of nitrogens with zero attached hydrogens (tertiary/aromatic N) is 1. The van der Waals surface area contributed by atoms with E-state index in [0.717, 1.165) is 30.8 Å². The number of hydrogen-bond donors (Lipinski definition) is 1. The smallest absolute Gasteiger partial charge is 0.119 e.